The molecule has 0 atom stereocenters. The van der Waals surface area contributed by atoms with Crippen molar-refractivity contribution in [1.29, 1.82) is 0 Å². The molecule has 2 aromatic heterocycles. The normalized spacial score (nSPS) is 10.1. The predicted molar refractivity (Wildman–Crippen MR) is 66.9 cm³/mol. The van der Waals surface area contributed by atoms with Gasteiger partial charge >= 0.3 is 0 Å². The van der Waals surface area contributed by atoms with E-state index in [0.717, 1.165) is 11.3 Å². The fourth-order valence-corrected chi connectivity index (χ4v) is 1.44. The van der Waals surface area contributed by atoms with E-state index in [1.807, 2.05) is 19.1 Å². The summed E-state index contributed by atoms with van der Waals surface area (Å²) >= 11 is 0. The summed E-state index contributed by atoms with van der Waals surface area (Å²) in [5, 5.41) is 10.6. The monoisotopic (exact) mass is 243 g/mol. The molecular formula is C12H13N5O. The van der Waals surface area contributed by atoms with E-state index >= 15 is 0 Å². The average molecular weight is 243 g/mol. The summed E-state index contributed by atoms with van der Waals surface area (Å²) < 4.78 is 0. The van der Waals surface area contributed by atoms with Crippen molar-refractivity contribution in [3.63, 3.8) is 0 Å². The number of hydrogen-bond acceptors (Lipinski definition) is 5. The van der Waals surface area contributed by atoms with Gasteiger partial charge in [-0.3, -0.25) is 9.78 Å². The highest BCUT2D eigenvalue weighted by molar-refractivity contribution is 5.90. The van der Waals surface area contributed by atoms with Crippen molar-refractivity contribution in [2.45, 2.75) is 13.5 Å². The van der Waals surface area contributed by atoms with Gasteiger partial charge in [0.15, 0.2) is 5.69 Å². The van der Waals surface area contributed by atoms with Crippen LogP contribution in [0.5, 0.6) is 0 Å². The Labute approximate surface area is 104 Å². The zero-order valence-electron chi connectivity index (χ0n) is 9.92. The van der Waals surface area contributed by atoms with Gasteiger partial charge in [-0.2, -0.15) is 0 Å². The molecule has 6 nitrogen and oxygen atoms in total. The first kappa shape index (κ1) is 12.0. The van der Waals surface area contributed by atoms with Crippen LogP contribution in [0, 0.1) is 6.92 Å². The fourth-order valence-electron chi connectivity index (χ4n) is 1.44. The molecule has 0 bridgehead atoms. The molecule has 3 N–H and O–H groups in total. The maximum atomic E-state index is 10.8. The van der Waals surface area contributed by atoms with Gasteiger partial charge in [-0.25, -0.2) is 0 Å². The number of nitrogens with zero attached hydrogens (tertiary/aromatic N) is 3. The van der Waals surface area contributed by atoms with Crippen LogP contribution in [0.15, 0.2) is 30.5 Å². The van der Waals surface area contributed by atoms with Crippen LogP contribution in [-0.4, -0.2) is 21.1 Å². The van der Waals surface area contributed by atoms with Crippen LogP contribution in [-0.2, 0) is 6.54 Å². The largest absolute Gasteiger partial charge is 0.364 e. The molecule has 92 valence electrons. The van der Waals surface area contributed by atoms with Crippen LogP contribution in [0.4, 0.5) is 5.82 Å². The molecule has 2 heterocycles. The predicted octanol–water partition coefficient (Wildman–Crippen LogP) is 0.891. The van der Waals surface area contributed by atoms with Gasteiger partial charge in [0.05, 0.1) is 12.2 Å². The van der Waals surface area contributed by atoms with Gasteiger partial charge in [-0.05, 0) is 30.7 Å². The number of rotatable bonds is 4. The van der Waals surface area contributed by atoms with Crippen molar-refractivity contribution in [3.8, 4) is 0 Å². The molecule has 0 aromatic carbocycles. The molecular weight excluding hydrogens is 230 g/mol. The van der Waals surface area contributed by atoms with Gasteiger partial charge in [-0.1, -0.05) is 6.07 Å². The molecule has 2 aromatic rings. The summed E-state index contributed by atoms with van der Waals surface area (Å²) in [6, 6.07) is 7.07. The lowest BCUT2D eigenvalue weighted by molar-refractivity contribution is 0.0994. The number of carbonyl (C=O) groups is 1. The second-order valence-corrected chi connectivity index (χ2v) is 3.79. The molecule has 0 aliphatic heterocycles. The first-order chi connectivity index (χ1) is 8.66. The smallest absolute Gasteiger partial charge is 0.269 e. The Morgan fingerprint density at radius 1 is 1.33 bits per heavy atom. The maximum Gasteiger partial charge on any atom is 0.269 e. The summed E-state index contributed by atoms with van der Waals surface area (Å²) in [5.74, 6) is -0.0142. The first-order valence-corrected chi connectivity index (χ1v) is 5.44. The number of anilines is 1. The van der Waals surface area contributed by atoms with Crippen LogP contribution in [0.3, 0.4) is 0 Å². The highest BCUT2D eigenvalue weighted by Gasteiger charge is 2.03. The molecule has 1 amide bonds. The molecule has 0 aliphatic carbocycles. The highest BCUT2D eigenvalue weighted by Crippen LogP contribution is 2.07. The highest BCUT2D eigenvalue weighted by atomic mass is 16.1. The Hall–Kier alpha value is -2.50. The Balaban J connectivity index is 2.02. The molecule has 6 heteroatoms. The molecule has 2 rings (SSSR count). The summed E-state index contributed by atoms with van der Waals surface area (Å²) in [6.07, 6.45) is 1.74. The van der Waals surface area contributed by atoms with E-state index in [-0.39, 0.29) is 5.69 Å². The Morgan fingerprint density at radius 3 is 2.78 bits per heavy atom. The zero-order chi connectivity index (χ0) is 13.0. The second-order valence-electron chi connectivity index (χ2n) is 3.79. The molecule has 0 saturated carbocycles. The number of hydrogen-bond donors (Lipinski definition) is 2. The van der Waals surface area contributed by atoms with Gasteiger partial charge in [0.1, 0.15) is 5.82 Å². The van der Waals surface area contributed by atoms with E-state index < -0.39 is 5.91 Å². The molecule has 0 aliphatic rings. The molecule has 0 fully saturated rings. The van der Waals surface area contributed by atoms with Crippen molar-refractivity contribution in [2.75, 3.05) is 5.32 Å². The SMILES string of the molecule is Cc1cccnc1CNc1ccc(C(N)=O)nn1. The fraction of sp³-hybridized carbons (Fsp3) is 0.167. The number of primary amides is 1. The molecule has 0 unspecified atom stereocenters. The third-order valence-corrected chi connectivity index (χ3v) is 2.47. The summed E-state index contributed by atoms with van der Waals surface area (Å²) in [5.41, 5.74) is 7.27. The van der Waals surface area contributed by atoms with Gasteiger partial charge < -0.3 is 11.1 Å². The minimum atomic E-state index is -0.588. The van der Waals surface area contributed by atoms with Gasteiger partial charge in [0.25, 0.3) is 5.91 Å². The lowest BCUT2D eigenvalue weighted by Crippen LogP contribution is -2.14. The van der Waals surface area contributed by atoms with E-state index in [4.69, 9.17) is 5.73 Å². The lowest BCUT2D eigenvalue weighted by atomic mass is 10.2. The van der Waals surface area contributed by atoms with E-state index in [1.165, 1.54) is 6.07 Å². The third kappa shape index (κ3) is 2.79. The van der Waals surface area contributed by atoms with E-state index in [0.29, 0.717) is 12.4 Å². The Bertz CT molecular complexity index is 553. The summed E-state index contributed by atoms with van der Waals surface area (Å²) in [7, 11) is 0. The second kappa shape index (κ2) is 5.22. The molecule has 0 radical (unpaired) electrons. The summed E-state index contributed by atoms with van der Waals surface area (Å²) in [6.45, 7) is 2.54. The zero-order valence-corrected chi connectivity index (χ0v) is 9.92. The number of aromatic nitrogens is 3. The lowest BCUT2D eigenvalue weighted by Gasteiger charge is -2.06. The van der Waals surface area contributed by atoms with E-state index in [9.17, 15) is 4.79 Å². The summed E-state index contributed by atoms with van der Waals surface area (Å²) in [4.78, 5) is 15.1. The minimum absolute atomic E-state index is 0.148. The Morgan fingerprint density at radius 2 is 2.17 bits per heavy atom. The first-order valence-electron chi connectivity index (χ1n) is 5.44. The van der Waals surface area contributed by atoms with Crippen molar-refractivity contribution in [3.05, 3.63) is 47.4 Å². The standard InChI is InChI=1S/C12H13N5O/c1-8-3-2-6-14-10(8)7-15-11-5-4-9(12(13)18)16-17-11/h2-6H,7H2,1H3,(H2,13,18)(H,15,17). The van der Waals surface area contributed by atoms with Crippen LogP contribution in [0.1, 0.15) is 21.7 Å². The van der Waals surface area contributed by atoms with Crippen LogP contribution in [0.25, 0.3) is 0 Å². The third-order valence-electron chi connectivity index (χ3n) is 2.47. The molecule has 0 saturated heterocycles. The average Bonchev–Trinajstić information content (AvgIpc) is 2.38. The Kier molecular flexibility index (Phi) is 3.47. The van der Waals surface area contributed by atoms with Gasteiger partial charge in [0, 0.05) is 6.20 Å². The van der Waals surface area contributed by atoms with Gasteiger partial charge in [0.2, 0.25) is 0 Å². The van der Waals surface area contributed by atoms with Gasteiger partial charge in [-0.15, -0.1) is 10.2 Å². The van der Waals surface area contributed by atoms with Crippen LogP contribution in [0.2, 0.25) is 0 Å². The van der Waals surface area contributed by atoms with Crippen LogP contribution < -0.4 is 11.1 Å². The number of nitrogens with one attached hydrogen (secondary N) is 1. The van der Waals surface area contributed by atoms with E-state index in [2.05, 4.69) is 20.5 Å². The molecule has 0 spiro atoms. The van der Waals surface area contributed by atoms with E-state index in [1.54, 1.807) is 12.3 Å². The quantitative estimate of drug-likeness (QED) is 0.831. The van der Waals surface area contributed by atoms with Crippen molar-refractivity contribution in [1.82, 2.24) is 15.2 Å². The van der Waals surface area contributed by atoms with Crippen molar-refractivity contribution >= 4 is 11.7 Å². The number of pyridine rings is 1. The maximum absolute atomic E-state index is 10.8. The minimum Gasteiger partial charge on any atom is -0.364 e. The molecule has 18 heavy (non-hydrogen) atoms. The van der Waals surface area contributed by atoms with Crippen LogP contribution >= 0.6 is 0 Å². The topological polar surface area (TPSA) is 93.8 Å². The number of amides is 1. The number of carbonyl (C=O) groups excluding carboxylic acids is 1. The number of aryl methyl sites for hydroxylation is 1. The van der Waals surface area contributed by atoms with Crippen molar-refractivity contribution < 1.29 is 4.79 Å². The number of nitrogens with two attached hydrogens (primary N) is 1. The van der Waals surface area contributed by atoms with Crippen molar-refractivity contribution in [2.24, 2.45) is 5.73 Å².